The second-order valence-electron chi connectivity index (χ2n) is 5.40. The van der Waals surface area contributed by atoms with Crippen LogP contribution in [0.15, 0.2) is 56.7 Å². The van der Waals surface area contributed by atoms with Gasteiger partial charge < -0.3 is 5.32 Å². The Bertz CT molecular complexity index is 973. The van der Waals surface area contributed by atoms with Crippen LogP contribution in [0, 0.1) is 0 Å². The summed E-state index contributed by atoms with van der Waals surface area (Å²) in [6, 6.07) is 11.1. The zero-order valence-corrected chi connectivity index (χ0v) is 16.2. The van der Waals surface area contributed by atoms with Crippen molar-refractivity contribution in [2.75, 3.05) is 11.6 Å². The van der Waals surface area contributed by atoms with Gasteiger partial charge >= 0.3 is 0 Å². The van der Waals surface area contributed by atoms with Crippen molar-refractivity contribution < 1.29 is 16.8 Å². The van der Waals surface area contributed by atoms with Crippen molar-refractivity contribution in [3.63, 3.8) is 0 Å². The molecule has 1 atom stereocenters. The first-order chi connectivity index (χ1) is 11.0. The average molecular weight is 433 g/mol. The summed E-state index contributed by atoms with van der Waals surface area (Å²) in [7, 11) is -7.63. The third-order valence-electron chi connectivity index (χ3n) is 3.40. The second kappa shape index (κ2) is 6.83. The van der Waals surface area contributed by atoms with Gasteiger partial charge in [0, 0.05) is 16.8 Å². The maximum Gasteiger partial charge on any atom is 0.238 e. The van der Waals surface area contributed by atoms with E-state index in [1.54, 1.807) is 0 Å². The number of nitrogens with two attached hydrogens (primary N) is 1. The summed E-state index contributed by atoms with van der Waals surface area (Å²) in [5.41, 5.74) is 1.26. The molecule has 9 heteroatoms. The Balaban J connectivity index is 2.47. The van der Waals surface area contributed by atoms with Gasteiger partial charge in [-0.1, -0.05) is 28.1 Å². The molecule has 2 aromatic carbocycles. The van der Waals surface area contributed by atoms with E-state index in [2.05, 4.69) is 21.2 Å². The number of primary sulfonamides is 1. The first-order valence-electron chi connectivity index (χ1n) is 6.87. The predicted octanol–water partition coefficient (Wildman–Crippen LogP) is 2.67. The SMILES string of the molecule is CC(Nc1ccc(S(N)(=O)=O)cc1S(C)(=O)=O)c1cccc(Br)c1. The first-order valence-corrected chi connectivity index (χ1v) is 11.1. The second-order valence-corrected chi connectivity index (χ2v) is 9.86. The monoisotopic (exact) mass is 432 g/mol. The number of hydrogen-bond donors (Lipinski definition) is 2. The van der Waals surface area contributed by atoms with Gasteiger partial charge in [-0.15, -0.1) is 0 Å². The Labute approximate surface area is 150 Å². The van der Waals surface area contributed by atoms with E-state index in [4.69, 9.17) is 5.14 Å². The number of benzene rings is 2. The summed E-state index contributed by atoms with van der Waals surface area (Å²) in [5, 5.41) is 8.18. The van der Waals surface area contributed by atoms with Crippen LogP contribution in [-0.2, 0) is 19.9 Å². The van der Waals surface area contributed by atoms with Gasteiger partial charge in [0.15, 0.2) is 9.84 Å². The number of nitrogens with one attached hydrogen (secondary N) is 1. The Morgan fingerprint density at radius 2 is 1.75 bits per heavy atom. The quantitative estimate of drug-likeness (QED) is 0.754. The van der Waals surface area contributed by atoms with E-state index in [-0.39, 0.29) is 15.8 Å². The van der Waals surface area contributed by atoms with Crippen LogP contribution in [-0.4, -0.2) is 23.1 Å². The lowest BCUT2D eigenvalue weighted by molar-refractivity contribution is 0.597. The van der Waals surface area contributed by atoms with Gasteiger partial charge in [-0.3, -0.25) is 0 Å². The van der Waals surface area contributed by atoms with Crippen LogP contribution in [0.25, 0.3) is 0 Å². The van der Waals surface area contributed by atoms with Crippen molar-refractivity contribution in [3.8, 4) is 0 Å². The lowest BCUT2D eigenvalue weighted by Gasteiger charge is -2.18. The fourth-order valence-electron chi connectivity index (χ4n) is 2.20. The van der Waals surface area contributed by atoms with E-state index in [0.29, 0.717) is 5.69 Å². The van der Waals surface area contributed by atoms with Gasteiger partial charge in [0.2, 0.25) is 10.0 Å². The fraction of sp³-hybridized carbons (Fsp3) is 0.200. The van der Waals surface area contributed by atoms with Crippen LogP contribution in [0.1, 0.15) is 18.5 Å². The molecule has 6 nitrogen and oxygen atoms in total. The van der Waals surface area contributed by atoms with Crippen LogP contribution < -0.4 is 10.5 Å². The molecule has 0 saturated carbocycles. The highest BCUT2D eigenvalue weighted by Crippen LogP contribution is 2.29. The van der Waals surface area contributed by atoms with Crippen molar-refractivity contribution in [2.24, 2.45) is 5.14 Å². The normalized spacial score (nSPS) is 13.5. The molecule has 2 rings (SSSR count). The molecule has 0 aromatic heterocycles. The largest absolute Gasteiger partial charge is 0.377 e. The fourth-order valence-corrected chi connectivity index (χ4v) is 4.10. The Kier molecular flexibility index (Phi) is 5.38. The van der Waals surface area contributed by atoms with Crippen LogP contribution in [0.2, 0.25) is 0 Å². The number of hydrogen-bond acceptors (Lipinski definition) is 5. The topological polar surface area (TPSA) is 106 Å². The van der Waals surface area contributed by atoms with Crippen LogP contribution in [0.4, 0.5) is 5.69 Å². The molecule has 0 amide bonds. The van der Waals surface area contributed by atoms with Crippen LogP contribution >= 0.6 is 15.9 Å². The average Bonchev–Trinajstić information content (AvgIpc) is 2.45. The van der Waals surface area contributed by atoms with Crippen LogP contribution in [0.3, 0.4) is 0 Å². The number of anilines is 1. The Hall–Kier alpha value is -1.42. The van der Waals surface area contributed by atoms with E-state index in [1.807, 2.05) is 31.2 Å². The van der Waals surface area contributed by atoms with Gasteiger partial charge in [0.1, 0.15) is 0 Å². The Morgan fingerprint density at radius 1 is 1.08 bits per heavy atom. The van der Waals surface area contributed by atoms with Gasteiger partial charge in [0.05, 0.1) is 15.5 Å². The molecule has 0 radical (unpaired) electrons. The molecule has 0 heterocycles. The van der Waals surface area contributed by atoms with E-state index < -0.39 is 19.9 Å². The minimum absolute atomic E-state index is 0.115. The lowest BCUT2D eigenvalue weighted by atomic mass is 10.1. The van der Waals surface area contributed by atoms with Gasteiger partial charge in [-0.05, 0) is 42.8 Å². The smallest absolute Gasteiger partial charge is 0.238 e. The zero-order valence-electron chi connectivity index (χ0n) is 13.0. The molecule has 24 heavy (non-hydrogen) atoms. The zero-order chi connectivity index (χ0) is 18.1. The van der Waals surface area contributed by atoms with E-state index in [1.165, 1.54) is 12.1 Å². The summed E-state index contributed by atoms with van der Waals surface area (Å²) in [6.07, 6.45) is 1.02. The standard InChI is InChI=1S/C15H17BrN2O4S2/c1-10(11-4-3-5-12(16)8-11)18-14-7-6-13(24(17,21)22)9-15(14)23(2,19)20/h3-10,18H,1-2H3,(H2,17,21,22). The highest BCUT2D eigenvalue weighted by molar-refractivity contribution is 9.10. The molecule has 0 spiro atoms. The molecule has 130 valence electrons. The van der Waals surface area contributed by atoms with Gasteiger partial charge in [0.25, 0.3) is 0 Å². The molecule has 0 aliphatic rings. The number of sulfone groups is 1. The van der Waals surface area contributed by atoms with E-state index >= 15 is 0 Å². The minimum atomic E-state index is -3.99. The minimum Gasteiger partial charge on any atom is -0.377 e. The molecule has 2 aromatic rings. The van der Waals surface area contributed by atoms with Crippen molar-refractivity contribution >= 4 is 41.5 Å². The maximum absolute atomic E-state index is 12.0. The molecule has 0 saturated heterocycles. The number of halogens is 1. The molecule has 3 N–H and O–H groups in total. The predicted molar refractivity (Wildman–Crippen MR) is 97.1 cm³/mol. The summed E-state index contributed by atoms with van der Waals surface area (Å²) in [6.45, 7) is 1.88. The molecule has 1 unspecified atom stereocenters. The third kappa shape index (κ3) is 4.56. The van der Waals surface area contributed by atoms with Gasteiger partial charge in [-0.25, -0.2) is 22.0 Å². The van der Waals surface area contributed by atoms with E-state index in [0.717, 1.165) is 22.4 Å². The van der Waals surface area contributed by atoms with E-state index in [9.17, 15) is 16.8 Å². The summed E-state index contributed by atoms with van der Waals surface area (Å²) in [5.74, 6) is 0. The van der Waals surface area contributed by atoms with Crippen LogP contribution in [0.5, 0.6) is 0 Å². The van der Waals surface area contributed by atoms with Crippen molar-refractivity contribution in [3.05, 3.63) is 52.5 Å². The summed E-state index contributed by atoms with van der Waals surface area (Å²) >= 11 is 3.39. The number of rotatable bonds is 5. The molecule has 0 bridgehead atoms. The first kappa shape index (κ1) is 18.9. The highest BCUT2D eigenvalue weighted by Gasteiger charge is 2.19. The highest BCUT2D eigenvalue weighted by atomic mass is 79.9. The van der Waals surface area contributed by atoms with Crippen molar-refractivity contribution in [2.45, 2.75) is 22.8 Å². The molecule has 0 aliphatic heterocycles. The van der Waals surface area contributed by atoms with Crippen molar-refractivity contribution in [1.29, 1.82) is 0 Å². The lowest BCUT2D eigenvalue weighted by Crippen LogP contribution is -2.15. The van der Waals surface area contributed by atoms with Gasteiger partial charge in [-0.2, -0.15) is 0 Å². The molecule has 0 fully saturated rings. The Morgan fingerprint density at radius 3 is 2.29 bits per heavy atom. The molecule has 0 aliphatic carbocycles. The summed E-state index contributed by atoms with van der Waals surface area (Å²) in [4.78, 5) is -0.362. The third-order valence-corrected chi connectivity index (χ3v) is 5.94. The van der Waals surface area contributed by atoms with Crippen molar-refractivity contribution in [1.82, 2.24) is 0 Å². The molecular weight excluding hydrogens is 416 g/mol. The maximum atomic E-state index is 12.0. The summed E-state index contributed by atoms with van der Waals surface area (Å²) < 4.78 is 47.9. The molecular formula is C15H17BrN2O4S2. The number of sulfonamides is 1.